The third kappa shape index (κ3) is 3.90. The molecule has 1 aliphatic carbocycles. The lowest BCUT2D eigenvalue weighted by Gasteiger charge is -2.39. The Morgan fingerprint density at radius 1 is 1.35 bits per heavy atom. The first kappa shape index (κ1) is 15.7. The molecule has 2 N–H and O–H groups in total. The van der Waals surface area contributed by atoms with Gasteiger partial charge in [-0.25, -0.2) is 0 Å². The van der Waals surface area contributed by atoms with Crippen LogP contribution in [0.5, 0.6) is 5.19 Å². The van der Waals surface area contributed by atoms with Crippen LogP contribution in [-0.2, 0) is 6.54 Å². The number of aliphatic hydroxyl groups is 1. The number of aliphatic hydroxyl groups excluding tert-OH is 1. The largest absolute Gasteiger partial charge is 0.469 e. The summed E-state index contributed by atoms with van der Waals surface area (Å²) in [5, 5.41) is 22.9. The molecule has 1 fully saturated rings. The summed E-state index contributed by atoms with van der Waals surface area (Å²) in [4.78, 5) is 0. The summed E-state index contributed by atoms with van der Waals surface area (Å²) in [5.74, 6) is 0.542. The van der Waals surface area contributed by atoms with Gasteiger partial charge >= 0.3 is 0 Å². The van der Waals surface area contributed by atoms with Crippen LogP contribution in [0.3, 0.4) is 0 Å². The third-order valence-electron chi connectivity index (χ3n) is 4.19. The molecule has 1 unspecified atom stereocenters. The van der Waals surface area contributed by atoms with Crippen molar-refractivity contribution in [3.63, 3.8) is 0 Å². The van der Waals surface area contributed by atoms with Crippen LogP contribution in [0, 0.1) is 5.92 Å². The van der Waals surface area contributed by atoms with Gasteiger partial charge in [0.2, 0.25) is 0 Å². The highest BCUT2D eigenvalue weighted by Gasteiger charge is 2.34. The Hall–Kier alpha value is -0.720. The highest BCUT2D eigenvalue weighted by Crippen LogP contribution is 2.32. The fourth-order valence-electron chi connectivity index (χ4n) is 2.84. The van der Waals surface area contributed by atoms with Crippen LogP contribution in [0.25, 0.3) is 0 Å². The Balaban J connectivity index is 1.91. The lowest BCUT2D eigenvalue weighted by atomic mass is 9.76. The van der Waals surface area contributed by atoms with Crippen molar-refractivity contribution in [2.45, 2.75) is 58.0 Å². The molecule has 0 aromatic carbocycles. The summed E-state index contributed by atoms with van der Waals surface area (Å²) in [7, 11) is 0. The number of nitrogens with zero attached hydrogens (tertiary/aromatic N) is 2. The van der Waals surface area contributed by atoms with Gasteiger partial charge in [-0.15, -0.1) is 10.2 Å². The zero-order valence-corrected chi connectivity index (χ0v) is 13.2. The molecule has 20 heavy (non-hydrogen) atoms. The molecule has 0 bridgehead atoms. The first-order valence-electron chi connectivity index (χ1n) is 7.49. The smallest absolute Gasteiger partial charge is 0.294 e. The third-order valence-corrected chi connectivity index (χ3v) is 5.03. The van der Waals surface area contributed by atoms with Crippen molar-refractivity contribution in [2.75, 3.05) is 13.2 Å². The zero-order chi connectivity index (χ0) is 14.4. The van der Waals surface area contributed by atoms with E-state index in [2.05, 4.69) is 22.4 Å². The molecular formula is C14H25N3O2S. The lowest BCUT2D eigenvalue weighted by molar-refractivity contribution is 0.0936. The number of ether oxygens (including phenoxy) is 1. The van der Waals surface area contributed by atoms with E-state index in [0.717, 1.165) is 5.01 Å². The van der Waals surface area contributed by atoms with E-state index in [1.165, 1.54) is 43.4 Å². The maximum absolute atomic E-state index is 9.79. The first-order valence-corrected chi connectivity index (χ1v) is 8.30. The number of rotatable bonds is 7. The number of hydrogen-bond donors (Lipinski definition) is 2. The molecule has 1 heterocycles. The zero-order valence-electron chi connectivity index (χ0n) is 12.4. The van der Waals surface area contributed by atoms with Crippen LogP contribution in [0.4, 0.5) is 0 Å². The molecular weight excluding hydrogens is 274 g/mol. The average Bonchev–Trinajstić information content (AvgIpc) is 2.94. The minimum Gasteiger partial charge on any atom is -0.469 e. The molecule has 1 aromatic heterocycles. The second-order valence-corrected chi connectivity index (χ2v) is 6.68. The molecule has 0 saturated heterocycles. The van der Waals surface area contributed by atoms with Gasteiger partial charge in [-0.2, -0.15) is 0 Å². The molecule has 114 valence electrons. The van der Waals surface area contributed by atoms with Gasteiger partial charge in [0.1, 0.15) is 5.01 Å². The van der Waals surface area contributed by atoms with Gasteiger partial charge in [-0.1, -0.05) is 30.6 Å². The number of hydrogen-bond acceptors (Lipinski definition) is 6. The second kappa shape index (κ2) is 7.33. The number of aromatic nitrogens is 2. The predicted molar refractivity (Wildman–Crippen MR) is 80.0 cm³/mol. The van der Waals surface area contributed by atoms with Crippen molar-refractivity contribution in [3.05, 3.63) is 5.01 Å². The molecule has 0 aliphatic heterocycles. The van der Waals surface area contributed by atoms with E-state index >= 15 is 0 Å². The minimum absolute atomic E-state index is 0.161. The van der Waals surface area contributed by atoms with E-state index < -0.39 is 0 Å². The van der Waals surface area contributed by atoms with Gasteiger partial charge < -0.3 is 15.2 Å². The van der Waals surface area contributed by atoms with Crippen LogP contribution >= 0.6 is 11.3 Å². The van der Waals surface area contributed by atoms with Crippen LogP contribution in [-0.4, -0.2) is 34.1 Å². The standard InChI is InChI=1S/C14H25N3O2S/c1-3-19-13-17-16-12(20-13)9-15-14(2,10-18)11-7-5-4-6-8-11/h11,15,18H,3-10H2,1-2H3. The summed E-state index contributed by atoms with van der Waals surface area (Å²) in [6, 6.07) is 0. The van der Waals surface area contributed by atoms with Crippen LogP contribution in [0.2, 0.25) is 0 Å². The summed E-state index contributed by atoms with van der Waals surface area (Å²) >= 11 is 1.47. The van der Waals surface area contributed by atoms with Crippen LogP contribution in [0.1, 0.15) is 51.0 Å². The van der Waals surface area contributed by atoms with E-state index in [1.54, 1.807) is 0 Å². The molecule has 6 heteroatoms. The van der Waals surface area contributed by atoms with Crippen molar-refractivity contribution in [1.82, 2.24) is 15.5 Å². The lowest BCUT2D eigenvalue weighted by Crippen LogP contribution is -2.52. The minimum atomic E-state index is -0.224. The maximum atomic E-state index is 9.79. The molecule has 1 atom stereocenters. The molecule has 0 amide bonds. The van der Waals surface area contributed by atoms with Gasteiger partial charge in [-0.05, 0) is 32.6 Å². The van der Waals surface area contributed by atoms with Gasteiger partial charge in [0, 0.05) is 5.54 Å². The Labute approximate surface area is 124 Å². The summed E-state index contributed by atoms with van der Waals surface area (Å²) in [6.07, 6.45) is 6.27. The van der Waals surface area contributed by atoms with Gasteiger partial charge in [0.25, 0.3) is 5.19 Å². The van der Waals surface area contributed by atoms with E-state index in [1.807, 2.05) is 6.92 Å². The first-order chi connectivity index (χ1) is 9.68. The highest BCUT2D eigenvalue weighted by atomic mass is 32.1. The monoisotopic (exact) mass is 299 g/mol. The van der Waals surface area contributed by atoms with Crippen molar-refractivity contribution >= 4 is 11.3 Å². The fourth-order valence-corrected chi connectivity index (χ4v) is 3.52. The average molecular weight is 299 g/mol. The number of nitrogens with one attached hydrogen (secondary N) is 1. The van der Waals surface area contributed by atoms with Crippen molar-refractivity contribution in [3.8, 4) is 5.19 Å². The van der Waals surface area contributed by atoms with Gasteiger partial charge in [-0.3, -0.25) is 0 Å². The van der Waals surface area contributed by atoms with Crippen LogP contribution < -0.4 is 10.1 Å². The molecule has 0 radical (unpaired) electrons. The molecule has 2 rings (SSSR count). The second-order valence-electron chi connectivity index (χ2n) is 5.66. The summed E-state index contributed by atoms with van der Waals surface area (Å²) in [5.41, 5.74) is -0.224. The predicted octanol–water partition coefficient (Wildman–Crippen LogP) is 2.36. The molecule has 1 aliphatic rings. The topological polar surface area (TPSA) is 67.3 Å². The Morgan fingerprint density at radius 3 is 2.75 bits per heavy atom. The fraction of sp³-hybridized carbons (Fsp3) is 0.857. The Morgan fingerprint density at radius 2 is 2.10 bits per heavy atom. The van der Waals surface area contributed by atoms with E-state index in [0.29, 0.717) is 24.3 Å². The van der Waals surface area contributed by atoms with Crippen molar-refractivity contribution in [1.29, 1.82) is 0 Å². The Kier molecular flexibility index (Phi) is 5.74. The van der Waals surface area contributed by atoms with E-state index in [9.17, 15) is 5.11 Å². The van der Waals surface area contributed by atoms with Gasteiger partial charge in [0.15, 0.2) is 0 Å². The Bertz CT molecular complexity index is 407. The van der Waals surface area contributed by atoms with Crippen molar-refractivity contribution < 1.29 is 9.84 Å². The van der Waals surface area contributed by atoms with Gasteiger partial charge in [0.05, 0.1) is 19.8 Å². The SMILES string of the molecule is CCOc1nnc(CNC(C)(CO)C2CCCCC2)s1. The molecule has 1 saturated carbocycles. The molecule has 5 nitrogen and oxygen atoms in total. The normalized spacial score (nSPS) is 19.8. The molecule has 1 aromatic rings. The summed E-state index contributed by atoms with van der Waals surface area (Å²) < 4.78 is 5.33. The highest BCUT2D eigenvalue weighted by molar-refractivity contribution is 7.13. The maximum Gasteiger partial charge on any atom is 0.294 e. The van der Waals surface area contributed by atoms with E-state index in [4.69, 9.17) is 4.74 Å². The quantitative estimate of drug-likeness (QED) is 0.809. The van der Waals surface area contributed by atoms with Crippen LogP contribution in [0.15, 0.2) is 0 Å². The molecule has 0 spiro atoms. The van der Waals surface area contributed by atoms with Crippen molar-refractivity contribution in [2.24, 2.45) is 5.92 Å². The van der Waals surface area contributed by atoms with E-state index in [-0.39, 0.29) is 12.1 Å². The summed E-state index contributed by atoms with van der Waals surface area (Å²) in [6.45, 7) is 5.46.